The molecule has 0 atom stereocenters. The van der Waals surface area contributed by atoms with E-state index in [1.807, 2.05) is 17.8 Å². The van der Waals surface area contributed by atoms with Crippen LogP contribution in [-0.2, 0) is 9.53 Å². The fourth-order valence-corrected chi connectivity index (χ4v) is 2.89. The Morgan fingerprint density at radius 2 is 1.67 bits per heavy atom. The van der Waals surface area contributed by atoms with Gasteiger partial charge in [0.1, 0.15) is 0 Å². The normalized spacial score (nSPS) is 10.6. The average molecular weight is 353 g/mol. The fourth-order valence-electron chi connectivity index (χ4n) is 2.27. The van der Waals surface area contributed by atoms with E-state index in [9.17, 15) is 4.79 Å². The maximum Gasteiger partial charge on any atom is 0.305 e. The molecule has 138 valence electrons. The topological polar surface area (TPSA) is 26.3 Å². The molecule has 0 rings (SSSR count). The van der Waals surface area contributed by atoms with E-state index in [1.165, 1.54) is 58.5 Å². The fraction of sp³-hybridized carbons (Fsp3) is 0.714. The minimum atomic E-state index is -0.133. The molecule has 0 aliphatic carbocycles. The number of thioether (sulfide) groups is 1. The SMILES string of the molecule is CCCCCCCCC/C=C\CSCC=C=CCCCC(=O)OC. The van der Waals surface area contributed by atoms with Crippen LogP contribution in [-0.4, -0.2) is 24.6 Å². The molecule has 0 unspecified atom stereocenters. The predicted octanol–water partition coefficient (Wildman–Crippen LogP) is 6.47. The molecule has 0 fully saturated rings. The first-order valence-corrected chi connectivity index (χ1v) is 10.7. The number of esters is 1. The second kappa shape index (κ2) is 20.1. The van der Waals surface area contributed by atoms with Crippen LogP contribution in [0, 0.1) is 0 Å². The van der Waals surface area contributed by atoms with Crippen LogP contribution in [0.1, 0.15) is 77.6 Å². The van der Waals surface area contributed by atoms with Crippen molar-refractivity contribution in [2.24, 2.45) is 0 Å². The van der Waals surface area contributed by atoms with Gasteiger partial charge < -0.3 is 4.74 Å². The molecule has 0 aliphatic heterocycles. The van der Waals surface area contributed by atoms with Crippen LogP contribution in [0.25, 0.3) is 0 Å². The number of unbranched alkanes of at least 4 members (excludes halogenated alkanes) is 8. The molecule has 0 spiro atoms. The first kappa shape index (κ1) is 23.1. The smallest absolute Gasteiger partial charge is 0.305 e. The molecule has 0 saturated heterocycles. The standard InChI is InChI=1S/C21H36O2S/c1-3-4-5-6-7-8-9-10-13-16-19-24-20-17-14-11-12-15-18-21(22)23-2/h11,13,16-17H,3-10,12,15,18-20H2,1-2H3/b16-13-. The molecular formula is C21H36O2S. The van der Waals surface area contributed by atoms with Gasteiger partial charge in [-0.3, -0.25) is 4.79 Å². The first-order chi connectivity index (χ1) is 11.8. The summed E-state index contributed by atoms with van der Waals surface area (Å²) in [5, 5.41) is 0. The monoisotopic (exact) mass is 352 g/mol. The third kappa shape index (κ3) is 19.1. The van der Waals surface area contributed by atoms with E-state index in [1.54, 1.807) is 0 Å². The van der Waals surface area contributed by atoms with Crippen LogP contribution < -0.4 is 0 Å². The number of methoxy groups -OCH3 is 1. The Kier molecular flexibility index (Phi) is 19.4. The Labute approximate surface area is 153 Å². The van der Waals surface area contributed by atoms with Crippen molar-refractivity contribution in [3.8, 4) is 0 Å². The molecule has 24 heavy (non-hydrogen) atoms. The highest BCUT2D eigenvalue weighted by molar-refractivity contribution is 7.99. The van der Waals surface area contributed by atoms with Crippen molar-refractivity contribution in [2.45, 2.75) is 77.6 Å². The number of hydrogen-bond donors (Lipinski definition) is 0. The van der Waals surface area contributed by atoms with Crippen molar-refractivity contribution in [1.29, 1.82) is 0 Å². The molecular weight excluding hydrogens is 316 g/mol. The largest absolute Gasteiger partial charge is 0.469 e. The predicted molar refractivity (Wildman–Crippen MR) is 108 cm³/mol. The maximum atomic E-state index is 10.9. The highest BCUT2D eigenvalue weighted by atomic mass is 32.2. The summed E-state index contributed by atoms with van der Waals surface area (Å²) in [7, 11) is 1.43. The van der Waals surface area contributed by atoms with E-state index >= 15 is 0 Å². The number of ether oxygens (including phenoxy) is 1. The Hall–Kier alpha value is -0.920. The quantitative estimate of drug-likeness (QED) is 0.138. The van der Waals surface area contributed by atoms with Crippen molar-refractivity contribution in [2.75, 3.05) is 18.6 Å². The number of allylic oxidation sites excluding steroid dienone is 1. The molecule has 0 amide bonds. The minimum Gasteiger partial charge on any atom is -0.469 e. The molecule has 3 heteroatoms. The number of rotatable bonds is 16. The van der Waals surface area contributed by atoms with Crippen LogP contribution in [0.3, 0.4) is 0 Å². The summed E-state index contributed by atoms with van der Waals surface area (Å²) in [5.74, 6) is 1.94. The van der Waals surface area contributed by atoms with Gasteiger partial charge in [-0.1, -0.05) is 57.6 Å². The lowest BCUT2D eigenvalue weighted by molar-refractivity contribution is -0.140. The average Bonchev–Trinajstić information content (AvgIpc) is 2.60. The Morgan fingerprint density at radius 3 is 2.42 bits per heavy atom. The zero-order valence-electron chi connectivity index (χ0n) is 15.7. The summed E-state index contributed by atoms with van der Waals surface area (Å²) in [6.45, 7) is 2.27. The molecule has 0 aromatic carbocycles. The van der Waals surface area contributed by atoms with Gasteiger partial charge in [0.15, 0.2) is 0 Å². The van der Waals surface area contributed by atoms with Gasteiger partial charge in [0.05, 0.1) is 7.11 Å². The number of carbonyl (C=O) groups excluding carboxylic acids is 1. The number of carbonyl (C=O) groups is 1. The lowest BCUT2D eigenvalue weighted by Crippen LogP contribution is -1.98. The van der Waals surface area contributed by atoms with E-state index in [4.69, 9.17) is 0 Å². The second-order valence-electron chi connectivity index (χ2n) is 5.96. The number of hydrogen-bond acceptors (Lipinski definition) is 3. The zero-order valence-corrected chi connectivity index (χ0v) is 16.5. The van der Waals surface area contributed by atoms with Gasteiger partial charge in [-0.15, -0.1) is 5.73 Å². The first-order valence-electron chi connectivity index (χ1n) is 9.50. The van der Waals surface area contributed by atoms with Gasteiger partial charge in [-0.2, -0.15) is 11.8 Å². The van der Waals surface area contributed by atoms with Gasteiger partial charge in [0, 0.05) is 17.9 Å². The Morgan fingerprint density at radius 1 is 0.917 bits per heavy atom. The molecule has 0 N–H and O–H groups in total. The van der Waals surface area contributed by atoms with Crippen LogP contribution in [0.15, 0.2) is 30.0 Å². The lowest BCUT2D eigenvalue weighted by Gasteiger charge is -1.98. The molecule has 0 aromatic rings. The third-order valence-electron chi connectivity index (χ3n) is 3.75. The summed E-state index contributed by atoms with van der Waals surface area (Å²) >= 11 is 1.90. The van der Waals surface area contributed by atoms with Crippen LogP contribution in [0.5, 0.6) is 0 Å². The highest BCUT2D eigenvalue weighted by Gasteiger charge is 1.96. The van der Waals surface area contributed by atoms with Crippen LogP contribution >= 0.6 is 11.8 Å². The van der Waals surface area contributed by atoms with Gasteiger partial charge >= 0.3 is 5.97 Å². The van der Waals surface area contributed by atoms with Crippen molar-refractivity contribution in [1.82, 2.24) is 0 Å². The van der Waals surface area contributed by atoms with Gasteiger partial charge in [0.25, 0.3) is 0 Å². The van der Waals surface area contributed by atoms with Crippen LogP contribution in [0.4, 0.5) is 0 Å². The summed E-state index contributed by atoms with van der Waals surface area (Å²) in [6, 6.07) is 0. The summed E-state index contributed by atoms with van der Waals surface area (Å²) in [6.07, 6.45) is 21.8. The van der Waals surface area contributed by atoms with Gasteiger partial charge in [-0.25, -0.2) is 0 Å². The summed E-state index contributed by atoms with van der Waals surface area (Å²) in [5.41, 5.74) is 3.17. The second-order valence-corrected chi connectivity index (χ2v) is 7.04. The molecule has 0 bridgehead atoms. The summed E-state index contributed by atoms with van der Waals surface area (Å²) < 4.78 is 4.59. The van der Waals surface area contributed by atoms with Crippen LogP contribution in [0.2, 0.25) is 0 Å². The molecule has 0 aromatic heterocycles. The van der Waals surface area contributed by atoms with Crippen molar-refractivity contribution < 1.29 is 9.53 Å². The van der Waals surface area contributed by atoms with E-state index in [0.29, 0.717) is 6.42 Å². The molecule has 0 heterocycles. The van der Waals surface area contributed by atoms with Gasteiger partial charge in [-0.05, 0) is 37.8 Å². The Bertz CT molecular complexity index is 368. The Balaban J connectivity index is 3.30. The van der Waals surface area contributed by atoms with Crippen molar-refractivity contribution in [3.05, 3.63) is 30.0 Å². The maximum absolute atomic E-state index is 10.9. The molecule has 0 radical (unpaired) electrons. The summed E-state index contributed by atoms with van der Waals surface area (Å²) in [4.78, 5) is 10.9. The van der Waals surface area contributed by atoms with Crippen molar-refractivity contribution in [3.63, 3.8) is 0 Å². The molecule has 2 nitrogen and oxygen atoms in total. The zero-order chi connectivity index (χ0) is 17.7. The van der Waals surface area contributed by atoms with E-state index in [-0.39, 0.29) is 5.97 Å². The van der Waals surface area contributed by atoms with E-state index < -0.39 is 0 Å². The third-order valence-corrected chi connectivity index (χ3v) is 4.58. The van der Waals surface area contributed by atoms with E-state index in [0.717, 1.165) is 24.3 Å². The van der Waals surface area contributed by atoms with Crippen molar-refractivity contribution >= 4 is 17.7 Å². The lowest BCUT2D eigenvalue weighted by atomic mass is 10.1. The van der Waals surface area contributed by atoms with E-state index in [2.05, 4.69) is 35.6 Å². The van der Waals surface area contributed by atoms with Gasteiger partial charge in [0.2, 0.25) is 0 Å². The minimum absolute atomic E-state index is 0.133. The highest BCUT2D eigenvalue weighted by Crippen LogP contribution is 2.09. The molecule has 0 aliphatic rings. The molecule has 0 saturated carbocycles.